The molecular formula is C9H19N3O2. The van der Waals surface area contributed by atoms with Gasteiger partial charge in [0.1, 0.15) is 0 Å². The van der Waals surface area contributed by atoms with Gasteiger partial charge in [-0.15, -0.1) is 0 Å². The summed E-state index contributed by atoms with van der Waals surface area (Å²) in [5.74, 6) is -0.0463. The van der Waals surface area contributed by atoms with Crippen molar-refractivity contribution >= 4 is 17.5 Å². The predicted molar refractivity (Wildman–Crippen MR) is 57.2 cm³/mol. The molecule has 14 heavy (non-hydrogen) atoms. The summed E-state index contributed by atoms with van der Waals surface area (Å²) in [5, 5.41) is 2.64. The maximum atomic E-state index is 10.4. The van der Waals surface area contributed by atoms with Crippen molar-refractivity contribution in [2.75, 3.05) is 14.1 Å². The molecule has 0 aromatic carbocycles. The van der Waals surface area contributed by atoms with E-state index in [-0.39, 0.29) is 11.6 Å². The van der Waals surface area contributed by atoms with Crippen molar-refractivity contribution < 1.29 is 9.59 Å². The van der Waals surface area contributed by atoms with Gasteiger partial charge in [-0.2, -0.15) is 0 Å². The fourth-order valence-electron chi connectivity index (χ4n) is 0.506. The summed E-state index contributed by atoms with van der Waals surface area (Å²) in [6, 6.07) is 0. The van der Waals surface area contributed by atoms with Crippen LogP contribution in [0.2, 0.25) is 0 Å². The summed E-state index contributed by atoms with van der Waals surface area (Å²) in [7, 11) is 3.36. The van der Waals surface area contributed by atoms with Gasteiger partial charge in [0.05, 0.1) is 0 Å². The Hall–Kier alpha value is -1.39. The number of aliphatic imine (C=N–C) groups is 1. The highest BCUT2D eigenvalue weighted by Gasteiger charge is 2.05. The maximum absolute atomic E-state index is 10.4. The molecule has 0 fully saturated rings. The Morgan fingerprint density at radius 1 is 1.21 bits per heavy atom. The van der Waals surface area contributed by atoms with Crippen molar-refractivity contribution in [3.63, 3.8) is 0 Å². The number of hydrogen-bond acceptors (Lipinski definition) is 3. The molecule has 0 aliphatic rings. The van der Waals surface area contributed by atoms with E-state index >= 15 is 0 Å². The molecule has 0 aromatic rings. The molecule has 0 atom stereocenters. The summed E-state index contributed by atoms with van der Waals surface area (Å²) in [6.45, 7) is 3.38. The molecular weight excluding hydrogens is 182 g/mol. The lowest BCUT2D eigenvalue weighted by molar-refractivity contribution is -0.136. The number of carbonyl (C=O) groups is 2. The van der Waals surface area contributed by atoms with E-state index in [9.17, 15) is 9.59 Å². The van der Waals surface area contributed by atoms with Crippen LogP contribution in [0.25, 0.3) is 0 Å². The first kappa shape index (κ1) is 15.1. The molecule has 0 aromatic heterocycles. The third-order valence-electron chi connectivity index (χ3n) is 1.45. The predicted octanol–water partition coefficient (Wildman–Crippen LogP) is 0.0949. The van der Waals surface area contributed by atoms with Gasteiger partial charge in [0.2, 0.25) is 0 Å². The van der Waals surface area contributed by atoms with Crippen molar-refractivity contribution in [3.05, 3.63) is 0 Å². The number of ketones is 2. The smallest absolute Gasteiger partial charge is 0.198 e. The molecule has 3 N–H and O–H groups in total. The number of rotatable bonds is 3. The number of nitrogens with two attached hydrogens (primary N) is 1. The summed E-state index contributed by atoms with van der Waals surface area (Å²) < 4.78 is 0. The van der Waals surface area contributed by atoms with E-state index in [4.69, 9.17) is 5.73 Å². The van der Waals surface area contributed by atoms with Gasteiger partial charge in [-0.1, -0.05) is 13.8 Å². The summed E-state index contributed by atoms with van der Waals surface area (Å²) in [6.07, 6.45) is 0.680. The average molecular weight is 201 g/mol. The standard InChI is InChI=1S/C6H10O2.C3H9N3/c1-3-5(7)6(8)4-2;1-5-3(4)6-2/h3-4H2,1-2H3;1-2H3,(H3,4,5,6). The second kappa shape index (κ2) is 9.70. The average Bonchev–Trinajstić information content (AvgIpc) is 2.26. The highest BCUT2D eigenvalue weighted by molar-refractivity contribution is 6.36. The van der Waals surface area contributed by atoms with Crippen LogP contribution in [0.5, 0.6) is 0 Å². The Kier molecular flexibility index (Phi) is 10.5. The van der Waals surface area contributed by atoms with E-state index in [2.05, 4.69) is 10.3 Å². The lowest BCUT2D eigenvalue weighted by Crippen LogP contribution is -2.27. The number of nitrogens with zero attached hydrogens (tertiary/aromatic N) is 1. The van der Waals surface area contributed by atoms with Gasteiger partial charge >= 0.3 is 0 Å². The van der Waals surface area contributed by atoms with Gasteiger partial charge in [-0.3, -0.25) is 14.6 Å². The van der Waals surface area contributed by atoms with E-state index in [0.29, 0.717) is 18.8 Å². The third-order valence-corrected chi connectivity index (χ3v) is 1.45. The number of hydrogen-bond donors (Lipinski definition) is 2. The summed E-state index contributed by atoms with van der Waals surface area (Å²) in [4.78, 5) is 24.4. The zero-order chi connectivity index (χ0) is 11.6. The van der Waals surface area contributed by atoms with Crippen molar-refractivity contribution in [2.24, 2.45) is 10.7 Å². The highest BCUT2D eigenvalue weighted by Crippen LogP contribution is 1.86. The molecule has 5 nitrogen and oxygen atoms in total. The third kappa shape index (κ3) is 8.70. The van der Waals surface area contributed by atoms with E-state index < -0.39 is 0 Å². The molecule has 0 amide bonds. The second-order valence-electron chi connectivity index (χ2n) is 2.41. The van der Waals surface area contributed by atoms with Gasteiger partial charge < -0.3 is 11.1 Å². The number of guanidine groups is 1. The summed E-state index contributed by atoms with van der Waals surface area (Å²) >= 11 is 0. The molecule has 0 bridgehead atoms. The van der Waals surface area contributed by atoms with Crippen LogP contribution in [0.3, 0.4) is 0 Å². The minimum Gasteiger partial charge on any atom is -0.370 e. The Labute approximate surface area is 84.8 Å². The van der Waals surface area contributed by atoms with Crippen LogP contribution in [-0.4, -0.2) is 31.6 Å². The van der Waals surface area contributed by atoms with E-state index in [1.54, 1.807) is 27.9 Å². The molecule has 5 heteroatoms. The van der Waals surface area contributed by atoms with Gasteiger partial charge in [0, 0.05) is 26.9 Å². The van der Waals surface area contributed by atoms with Crippen LogP contribution in [0.4, 0.5) is 0 Å². The molecule has 0 spiro atoms. The van der Waals surface area contributed by atoms with Gasteiger partial charge in [0.25, 0.3) is 0 Å². The Balaban J connectivity index is 0. The molecule has 0 radical (unpaired) electrons. The second-order valence-corrected chi connectivity index (χ2v) is 2.41. The topological polar surface area (TPSA) is 84.5 Å². The van der Waals surface area contributed by atoms with E-state index in [0.717, 1.165) is 0 Å². The largest absolute Gasteiger partial charge is 0.370 e. The molecule has 0 unspecified atom stereocenters. The van der Waals surface area contributed by atoms with Gasteiger partial charge in [0.15, 0.2) is 17.5 Å². The SMILES string of the molecule is CCC(=O)C(=O)CC.CN=C(N)NC. The first-order valence-electron chi connectivity index (χ1n) is 4.49. The fourth-order valence-corrected chi connectivity index (χ4v) is 0.506. The first-order chi connectivity index (χ1) is 6.53. The lowest BCUT2D eigenvalue weighted by Gasteiger charge is -1.90. The molecule has 0 aliphatic heterocycles. The monoisotopic (exact) mass is 201 g/mol. The number of Topliss-reactive ketones (excluding diaryl/α,β-unsaturated/α-hetero) is 2. The van der Waals surface area contributed by atoms with Crippen molar-refractivity contribution in [1.82, 2.24) is 5.32 Å². The first-order valence-corrected chi connectivity index (χ1v) is 4.49. The van der Waals surface area contributed by atoms with Crippen molar-refractivity contribution in [2.45, 2.75) is 26.7 Å². The van der Waals surface area contributed by atoms with Crippen molar-refractivity contribution in [3.8, 4) is 0 Å². The molecule has 0 saturated heterocycles. The van der Waals surface area contributed by atoms with Crippen LogP contribution in [-0.2, 0) is 9.59 Å². The Morgan fingerprint density at radius 2 is 1.57 bits per heavy atom. The zero-order valence-electron chi connectivity index (χ0n) is 9.26. The highest BCUT2D eigenvalue weighted by atomic mass is 16.2. The minimum absolute atomic E-state index is 0.257. The normalized spacial score (nSPS) is 9.86. The Bertz CT molecular complexity index is 198. The summed E-state index contributed by atoms with van der Waals surface area (Å²) in [5.41, 5.74) is 5.11. The van der Waals surface area contributed by atoms with Crippen LogP contribution >= 0.6 is 0 Å². The zero-order valence-corrected chi connectivity index (χ0v) is 9.26. The van der Waals surface area contributed by atoms with Crippen LogP contribution in [0.1, 0.15) is 26.7 Å². The van der Waals surface area contributed by atoms with E-state index in [1.165, 1.54) is 0 Å². The van der Waals surface area contributed by atoms with Crippen molar-refractivity contribution in [1.29, 1.82) is 0 Å². The fraction of sp³-hybridized carbons (Fsp3) is 0.667. The number of nitrogens with one attached hydrogen (secondary N) is 1. The maximum Gasteiger partial charge on any atom is 0.198 e. The minimum atomic E-state index is -0.257. The number of carbonyl (C=O) groups excluding carboxylic acids is 2. The molecule has 0 heterocycles. The van der Waals surface area contributed by atoms with E-state index in [1.807, 2.05) is 0 Å². The molecule has 0 rings (SSSR count). The molecule has 0 aliphatic carbocycles. The van der Waals surface area contributed by atoms with Crippen LogP contribution in [0.15, 0.2) is 4.99 Å². The Morgan fingerprint density at radius 3 is 1.64 bits per heavy atom. The molecule has 82 valence electrons. The van der Waals surface area contributed by atoms with Gasteiger partial charge in [-0.05, 0) is 0 Å². The van der Waals surface area contributed by atoms with Crippen LogP contribution < -0.4 is 11.1 Å². The lowest BCUT2D eigenvalue weighted by atomic mass is 10.2. The van der Waals surface area contributed by atoms with Gasteiger partial charge in [-0.25, -0.2) is 0 Å². The quantitative estimate of drug-likeness (QED) is 0.385. The molecule has 0 saturated carbocycles. The van der Waals surface area contributed by atoms with Crippen LogP contribution in [0, 0.1) is 0 Å².